The van der Waals surface area contributed by atoms with Crippen LogP contribution in [0.1, 0.15) is 36.6 Å². The van der Waals surface area contributed by atoms with Crippen molar-refractivity contribution in [2.45, 2.75) is 26.8 Å². The molecule has 2 aromatic carbocycles. The Morgan fingerprint density at radius 2 is 1.78 bits per heavy atom. The summed E-state index contributed by atoms with van der Waals surface area (Å²) in [4.78, 5) is 36.8. The highest BCUT2D eigenvalue weighted by atomic mass is 16.5. The third kappa shape index (κ3) is 6.78. The second kappa shape index (κ2) is 12.4. The first-order valence-corrected chi connectivity index (χ1v) is 11.5. The molecule has 0 unspecified atom stereocenters. The normalized spacial score (nSPS) is 15.1. The summed E-state index contributed by atoms with van der Waals surface area (Å²) in [6.07, 6.45) is 1.52. The van der Waals surface area contributed by atoms with Crippen LogP contribution < -0.4 is 30.3 Å². The number of nitrogens with one attached hydrogen (secondary N) is 3. The van der Waals surface area contributed by atoms with Crippen molar-refractivity contribution in [2.75, 3.05) is 27.4 Å². The zero-order valence-electron chi connectivity index (χ0n) is 21.3. The van der Waals surface area contributed by atoms with Crippen molar-refractivity contribution in [1.29, 1.82) is 0 Å². The molecule has 11 nitrogen and oxygen atoms in total. The quantitative estimate of drug-likeness (QED) is 0.254. The van der Waals surface area contributed by atoms with E-state index in [1.807, 2.05) is 25.1 Å². The van der Waals surface area contributed by atoms with Gasteiger partial charge in [0.2, 0.25) is 0 Å². The smallest absolute Gasteiger partial charge is 0.338 e. The third-order valence-electron chi connectivity index (χ3n) is 5.47. The van der Waals surface area contributed by atoms with Crippen LogP contribution in [0.5, 0.6) is 17.2 Å². The van der Waals surface area contributed by atoms with Crippen LogP contribution >= 0.6 is 0 Å². The van der Waals surface area contributed by atoms with Gasteiger partial charge in [-0.15, -0.1) is 0 Å². The van der Waals surface area contributed by atoms with Crippen LogP contribution in [0.3, 0.4) is 0 Å². The fourth-order valence-corrected chi connectivity index (χ4v) is 3.74. The van der Waals surface area contributed by atoms with Gasteiger partial charge in [-0.3, -0.25) is 4.79 Å². The fourth-order valence-electron chi connectivity index (χ4n) is 3.74. The number of benzene rings is 2. The summed E-state index contributed by atoms with van der Waals surface area (Å²) in [6.45, 7) is 5.12. The van der Waals surface area contributed by atoms with E-state index in [9.17, 15) is 14.4 Å². The maximum atomic E-state index is 12.5. The molecule has 37 heavy (non-hydrogen) atoms. The molecule has 1 aliphatic heterocycles. The van der Waals surface area contributed by atoms with E-state index in [1.165, 1.54) is 13.3 Å². The number of nitrogens with zero attached hydrogens (tertiary/aromatic N) is 1. The van der Waals surface area contributed by atoms with Crippen molar-refractivity contribution in [1.82, 2.24) is 16.1 Å². The lowest BCUT2D eigenvalue weighted by atomic mass is 9.95. The van der Waals surface area contributed by atoms with E-state index in [0.29, 0.717) is 22.8 Å². The van der Waals surface area contributed by atoms with Gasteiger partial charge in [0, 0.05) is 5.70 Å². The van der Waals surface area contributed by atoms with Crippen LogP contribution in [0.2, 0.25) is 0 Å². The SMILES string of the molecule is CCOC(=O)C1=C(C)NC(=O)N[C@H]1c1ccc(OCC(=O)N/N=C\c2ccc(OC)c(C)c2)c(OC)c1. The molecule has 0 saturated heterocycles. The van der Waals surface area contributed by atoms with E-state index < -0.39 is 23.9 Å². The number of aryl methyl sites for hydroxylation is 1. The first-order chi connectivity index (χ1) is 17.8. The summed E-state index contributed by atoms with van der Waals surface area (Å²) in [5.74, 6) is 0.367. The number of carbonyl (C=O) groups is 3. The highest BCUT2D eigenvalue weighted by Crippen LogP contribution is 2.34. The minimum absolute atomic E-state index is 0.193. The summed E-state index contributed by atoms with van der Waals surface area (Å²) in [5, 5.41) is 9.27. The number of rotatable bonds is 10. The molecule has 196 valence electrons. The number of ether oxygens (including phenoxy) is 4. The van der Waals surface area contributed by atoms with E-state index >= 15 is 0 Å². The summed E-state index contributed by atoms with van der Waals surface area (Å²) in [5.41, 5.74) is 5.41. The largest absolute Gasteiger partial charge is 0.496 e. The van der Waals surface area contributed by atoms with Gasteiger partial charge in [-0.25, -0.2) is 15.0 Å². The Hall–Kier alpha value is -4.54. The maximum Gasteiger partial charge on any atom is 0.338 e. The lowest BCUT2D eigenvalue weighted by Gasteiger charge is -2.28. The molecule has 0 radical (unpaired) electrons. The Balaban J connectivity index is 1.67. The average Bonchev–Trinajstić information content (AvgIpc) is 2.87. The number of carbonyl (C=O) groups excluding carboxylic acids is 3. The molecule has 0 spiro atoms. The van der Waals surface area contributed by atoms with E-state index in [0.717, 1.165) is 16.9 Å². The number of hydrogen-bond acceptors (Lipinski definition) is 8. The Kier molecular flexibility index (Phi) is 9.09. The van der Waals surface area contributed by atoms with E-state index in [2.05, 4.69) is 21.2 Å². The first kappa shape index (κ1) is 27.1. The van der Waals surface area contributed by atoms with Gasteiger partial charge in [0.1, 0.15) is 5.75 Å². The van der Waals surface area contributed by atoms with Crippen LogP contribution in [0.4, 0.5) is 4.79 Å². The number of methoxy groups -OCH3 is 2. The molecule has 0 aliphatic carbocycles. The molecule has 0 saturated carbocycles. The first-order valence-electron chi connectivity index (χ1n) is 11.5. The molecule has 11 heteroatoms. The zero-order valence-corrected chi connectivity index (χ0v) is 21.3. The molecule has 1 heterocycles. The molecule has 0 bridgehead atoms. The number of allylic oxidation sites excluding steroid dienone is 1. The molecular weight excluding hydrogens is 480 g/mol. The van der Waals surface area contributed by atoms with Crippen LogP contribution in [0, 0.1) is 6.92 Å². The fraction of sp³-hybridized carbons (Fsp3) is 0.308. The molecule has 1 aliphatic rings. The van der Waals surface area contributed by atoms with Gasteiger partial charge < -0.3 is 29.6 Å². The third-order valence-corrected chi connectivity index (χ3v) is 5.47. The van der Waals surface area contributed by atoms with Crippen molar-refractivity contribution >= 4 is 24.1 Å². The van der Waals surface area contributed by atoms with Crippen molar-refractivity contribution in [3.05, 3.63) is 64.4 Å². The Morgan fingerprint density at radius 3 is 2.46 bits per heavy atom. The number of urea groups is 1. The summed E-state index contributed by atoms with van der Waals surface area (Å²) >= 11 is 0. The van der Waals surface area contributed by atoms with Crippen LogP contribution in [-0.4, -0.2) is 51.6 Å². The molecule has 2 aromatic rings. The van der Waals surface area contributed by atoms with Gasteiger partial charge in [0.15, 0.2) is 18.1 Å². The predicted octanol–water partition coefficient (Wildman–Crippen LogP) is 2.73. The number of amides is 3. The van der Waals surface area contributed by atoms with Crippen LogP contribution in [0.25, 0.3) is 0 Å². The second-order valence-electron chi connectivity index (χ2n) is 8.01. The topological polar surface area (TPSA) is 137 Å². The molecule has 1 atom stereocenters. The average molecular weight is 511 g/mol. The zero-order chi connectivity index (χ0) is 26.9. The molecule has 3 amide bonds. The molecule has 3 N–H and O–H groups in total. The number of esters is 1. The Labute approximate surface area is 214 Å². The van der Waals surface area contributed by atoms with Crippen LogP contribution in [-0.2, 0) is 14.3 Å². The van der Waals surface area contributed by atoms with Crippen molar-refractivity contribution in [3.8, 4) is 17.2 Å². The van der Waals surface area contributed by atoms with E-state index in [-0.39, 0.29) is 18.8 Å². The predicted molar refractivity (Wildman–Crippen MR) is 136 cm³/mol. The Morgan fingerprint density at radius 1 is 1.05 bits per heavy atom. The van der Waals surface area contributed by atoms with E-state index in [4.69, 9.17) is 18.9 Å². The summed E-state index contributed by atoms with van der Waals surface area (Å²) in [7, 11) is 3.05. The second-order valence-corrected chi connectivity index (χ2v) is 8.01. The number of hydrazone groups is 1. The highest BCUT2D eigenvalue weighted by Gasteiger charge is 2.32. The van der Waals surface area contributed by atoms with Gasteiger partial charge >= 0.3 is 12.0 Å². The van der Waals surface area contributed by atoms with Gasteiger partial charge in [-0.2, -0.15) is 5.10 Å². The molecule has 3 rings (SSSR count). The minimum Gasteiger partial charge on any atom is -0.496 e. The van der Waals surface area contributed by atoms with Crippen molar-refractivity contribution in [2.24, 2.45) is 5.10 Å². The van der Waals surface area contributed by atoms with Gasteiger partial charge in [-0.05, 0) is 67.8 Å². The van der Waals surface area contributed by atoms with Gasteiger partial charge in [0.05, 0.1) is 38.7 Å². The number of hydrogen-bond donors (Lipinski definition) is 3. The maximum absolute atomic E-state index is 12.5. The lowest BCUT2D eigenvalue weighted by Crippen LogP contribution is -2.45. The molecular formula is C26H30N4O7. The Bertz CT molecular complexity index is 1240. The molecule has 0 aromatic heterocycles. The summed E-state index contributed by atoms with van der Waals surface area (Å²) in [6, 6.07) is 9.21. The van der Waals surface area contributed by atoms with Gasteiger partial charge in [-0.1, -0.05) is 6.07 Å². The van der Waals surface area contributed by atoms with E-state index in [1.54, 1.807) is 39.2 Å². The summed E-state index contributed by atoms with van der Waals surface area (Å²) < 4.78 is 21.4. The van der Waals surface area contributed by atoms with Crippen molar-refractivity contribution < 1.29 is 33.3 Å². The monoisotopic (exact) mass is 510 g/mol. The van der Waals surface area contributed by atoms with Gasteiger partial charge in [0.25, 0.3) is 5.91 Å². The standard InChI is InChI=1S/C26H30N4O7/c1-6-36-25(32)23-16(3)28-26(33)29-24(23)18-8-10-20(21(12-18)35-5)37-14-22(31)30-27-13-17-7-9-19(34-4)15(2)11-17/h7-13,24H,6,14H2,1-5H3,(H,30,31)(H2,28,29,33)/b27-13-/t24-/m0/s1. The highest BCUT2D eigenvalue weighted by molar-refractivity contribution is 5.95. The minimum atomic E-state index is -0.755. The lowest BCUT2D eigenvalue weighted by molar-refractivity contribution is -0.139. The van der Waals surface area contributed by atoms with Crippen molar-refractivity contribution in [3.63, 3.8) is 0 Å². The molecule has 0 fully saturated rings. The van der Waals surface area contributed by atoms with Crippen LogP contribution in [0.15, 0.2) is 52.8 Å².